The van der Waals surface area contributed by atoms with E-state index in [1.165, 1.54) is 22.0 Å². The van der Waals surface area contributed by atoms with Gasteiger partial charge in [-0.25, -0.2) is 4.98 Å². The summed E-state index contributed by atoms with van der Waals surface area (Å²) in [6, 6.07) is 18.6. The minimum Gasteiger partial charge on any atom is -0.497 e. The summed E-state index contributed by atoms with van der Waals surface area (Å²) in [5.41, 5.74) is 2.42. The van der Waals surface area contributed by atoms with E-state index in [-0.39, 0.29) is 17.2 Å². The predicted molar refractivity (Wildman–Crippen MR) is 124 cm³/mol. The van der Waals surface area contributed by atoms with Gasteiger partial charge < -0.3 is 4.74 Å². The maximum absolute atomic E-state index is 13.3. The predicted octanol–water partition coefficient (Wildman–Crippen LogP) is 3.27. The summed E-state index contributed by atoms with van der Waals surface area (Å²) in [7, 11) is 1.67. The molecule has 32 heavy (non-hydrogen) atoms. The van der Waals surface area contributed by atoms with Crippen molar-refractivity contribution in [3.8, 4) is 5.75 Å². The highest BCUT2D eigenvalue weighted by molar-refractivity contribution is 8.00. The van der Waals surface area contributed by atoms with Crippen molar-refractivity contribution in [1.82, 2.24) is 24.6 Å². The van der Waals surface area contributed by atoms with E-state index in [1.807, 2.05) is 19.1 Å². The molecule has 2 atom stereocenters. The van der Waals surface area contributed by atoms with Gasteiger partial charge in [0.05, 0.1) is 13.2 Å². The van der Waals surface area contributed by atoms with Crippen LogP contribution in [0, 0.1) is 6.92 Å². The van der Waals surface area contributed by atoms with Gasteiger partial charge in [0.15, 0.2) is 5.16 Å². The fourth-order valence-electron chi connectivity index (χ4n) is 4.54. The van der Waals surface area contributed by atoms with Gasteiger partial charge in [0.2, 0.25) is 0 Å². The Bertz CT molecular complexity index is 1090. The zero-order chi connectivity index (χ0) is 22.1. The largest absolute Gasteiger partial charge is 0.497 e. The Morgan fingerprint density at radius 1 is 1.09 bits per heavy atom. The van der Waals surface area contributed by atoms with Gasteiger partial charge in [-0.2, -0.15) is 4.68 Å². The number of nitrogens with zero attached hydrogens (tertiary/aromatic N) is 5. The van der Waals surface area contributed by atoms with E-state index in [0.717, 1.165) is 44.0 Å². The van der Waals surface area contributed by atoms with E-state index < -0.39 is 0 Å². The van der Waals surface area contributed by atoms with E-state index in [1.54, 1.807) is 7.11 Å². The van der Waals surface area contributed by atoms with Crippen molar-refractivity contribution in [2.75, 3.05) is 33.3 Å². The second-order valence-corrected chi connectivity index (χ2v) is 9.36. The van der Waals surface area contributed by atoms with Gasteiger partial charge in [-0.05, 0) is 30.2 Å². The Morgan fingerprint density at radius 3 is 2.59 bits per heavy atom. The average Bonchev–Trinajstić information content (AvgIpc) is 3.33. The number of aromatic nitrogens is 3. The van der Waals surface area contributed by atoms with Gasteiger partial charge in [-0.15, -0.1) is 5.10 Å². The van der Waals surface area contributed by atoms with E-state index in [0.29, 0.717) is 11.0 Å². The number of piperazine rings is 1. The Kier molecular flexibility index (Phi) is 5.99. The SMILES string of the molecule is COc1cccc(C(C2Sc3nc(C)nn3C2=O)N2CCN(Cc3ccccc3)CC2)c1. The van der Waals surface area contributed by atoms with E-state index in [9.17, 15) is 4.79 Å². The molecule has 7 nitrogen and oxygen atoms in total. The Morgan fingerprint density at radius 2 is 1.88 bits per heavy atom. The zero-order valence-electron chi connectivity index (χ0n) is 18.3. The van der Waals surface area contributed by atoms with Crippen LogP contribution in [-0.4, -0.2) is 69.0 Å². The number of ether oxygens (including phenoxy) is 1. The van der Waals surface area contributed by atoms with Crippen molar-refractivity contribution in [3.63, 3.8) is 0 Å². The summed E-state index contributed by atoms with van der Waals surface area (Å²) in [4.78, 5) is 22.7. The van der Waals surface area contributed by atoms with Crippen LogP contribution in [0.15, 0.2) is 59.8 Å². The molecule has 0 radical (unpaired) electrons. The summed E-state index contributed by atoms with van der Waals surface area (Å²) in [5.74, 6) is 1.44. The van der Waals surface area contributed by atoms with Gasteiger partial charge in [-0.3, -0.25) is 14.6 Å². The number of rotatable bonds is 6. The third-order valence-corrected chi connectivity index (χ3v) is 7.33. The molecule has 0 N–H and O–H groups in total. The van der Waals surface area contributed by atoms with Crippen molar-refractivity contribution in [2.24, 2.45) is 0 Å². The fourth-order valence-corrected chi connectivity index (χ4v) is 5.84. The average molecular weight is 450 g/mol. The molecule has 2 aliphatic rings. The second-order valence-electron chi connectivity index (χ2n) is 8.25. The van der Waals surface area contributed by atoms with Crippen LogP contribution < -0.4 is 4.74 Å². The number of carbonyl (C=O) groups excluding carboxylic acids is 1. The summed E-state index contributed by atoms with van der Waals surface area (Å²) >= 11 is 1.52. The van der Waals surface area contributed by atoms with Crippen molar-refractivity contribution in [3.05, 3.63) is 71.5 Å². The summed E-state index contributed by atoms with van der Waals surface area (Å²) < 4.78 is 6.96. The molecule has 3 heterocycles. The molecule has 2 aliphatic heterocycles. The maximum Gasteiger partial charge on any atom is 0.264 e. The lowest BCUT2D eigenvalue weighted by Gasteiger charge is -2.41. The van der Waals surface area contributed by atoms with Crippen LogP contribution in [-0.2, 0) is 6.54 Å². The lowest BCUT2D eigenvalue weighted by Crippen LogP contribution is -2.50. The normalized spacial score (nSPS) is 20.3. The number of aryl methyl sites for hydroxylation is 1. The number of thioether (sulfide) groups is 1. The van der Waals surface area contributed by atoms with E-state index in [2.05, 4.69) is 62.3 Å². The molecule has 0 bridgehead atoms. The first-order valence-electron chi connectivity index (χ1n) is 10.9. The third-order valence-electron chi connectivity index (χ3n) is 6.14. The zero-order valence-corrected chi connectivity index (χ0v) is 19.2. The highest BCUT2D eigenvalue weighted by atomic mass is 32.2. The van der Waals surface area contributed by atoms with E-state index in [4.69, 9.17) is 4.74 Å². The van der Waals surface area contributed by atoms with Gasteiger partial charge in [0.1, 0.15) is 16.8 Å². The van der Waals surface area contributed by atoms with Crippen LogP contribution in [0.4, 0.5) is 0 Å². The number of hydrogen-bond acceptors (Lipinski definition) is 7. The first-order valence-corrected chi connectivity index (χ1v) is 11.8. The monoisotopic (exact) mass is 449 g/mol. The summed E-state index contributed by atoms with van der Waals surface area (Å²) in [6.45, 7) is 6.49. The molecule has 166 valence electrons. The highest BCUT2D eigenvalue weighted by Crippen LogP contribution is 2.41. The summed E-state index contributed by atoms with van der Waals surface area (Å²) in [6.07, 6.45) is 0. The Balaban J connectivity index is 1.37. The third kappa shape index (κ3) is 4.18. The van der Waals surface area contributed by atoms with Crippen molar-refractivity contribution >= 4 is 17.7 Å². The molecule has 2 unspecified atom stereocenters. The molecule has 8 heteroatoms. The molecule has 1 saturated heterocycles. The van der Waals surface area contributed by atoms with Crippen LogP contribution in [0.25, 0.3) is 0 Å². The molecule has 0 spiro atoms. The topological polar surface area (TPSA) is 63.5 Å². The molecular formula is C24H27N5O2S. The van der Waals surface area contributed by atoms with Crippen molar-refractivity contribution in [2.45, 2.75) is 29.9 Å². The Labute approximate surface area is 192 Å². The quantitative estimate of drug-likeness (QED) is 0.572. The number of fused-ring (bicyclic) bond motifs is 1. The van der Waals surface area contributed by atoms with Crippen LogP contribution in [0.5, 0.6) is 5.75 Å². The first kappa shape index (κ1) is 21.2. The molecule has 5 rings (SSSR count). The number of benzene rings is 2. The van der Waals surface area contributed by atoms with Gasteiger partial charge >= 0.3 is 0 Å². The van der Waals surface area contributed by atoms with Crippen molar-refractivity contribution < 1.29 is 9.53 Å². The molecule has 3 aromatic rings. The molecule has 1 fully saturated rings. The number of hydrogen-bond donors (Lipinski definition) is 0. The van der Waals surface area contributed by atoms with Gasteiger partial charge in [0.25, 0.3) is 5.91 Å². The fraction of sp³-hybridized carbons (Fsp3) is 0.375. The van der Waals surface area contributed by atoms with Crippen LogP contribution in [0.2, 0.25) is 0 Å². The van der Waals surface area contributed by atoms with E-state index >= 15 is 0 Å². The molecular weight excluding hydrogens is 422 g/mol. The number of carbonyl (C=O) groups is 1. The molecule has 0 saturated carbocycles. The lowest BCUT2D eigenvalue weighted by atomic mass is 9.99. The molecule has 0 aliphatic carbocycles. The Hall–Kier alpha value is -2.68. The maximum atomic E-state index is 13.3. The smallest absolute Gasteiger partial charge is 0.264 e. The number of methoxy groups -OCH3 is 1. The lowest BCUT2D eigenvalue weighted by molar-refractivity contribution is 0.0714. The van der Waals surface area contributed by atoms with Crippen LogP contribution in [0.1, 0.15) is 27.8 Å². The van der Waals surface area contributed by atoms with Crippen molar-refractivity contribution in [1.29, 1.82) is 0 Å². The minimum absolute atomic E-state index is 0.00475. The molecule has 2 aromatic carbocycles. The first-order chi connectivity index (χ1) is 15.6. The highest BCUT2D eigenvalue weighted by Gasteiger charge is 2.43. The second kappa shape index (κ2) is 9.05. The summed E-state index contributed by atoms with van der Waals surface area (Å²) in [5, 5.41) is 4.73. The van der Waals surface area contributed by atoms with Crippen LogP contribution in [0.3, 0.4) is 0 Å². The molecule has 0 amide bonds. The van der Waals surface area contributed by atoms with Crippen LogP contribution >= 0.6 is 11.8 Å². The standard InChI is InChI=1S/C24H27N5O2S/c1-17-25-24-29(26-17)23(30)22(32-24)21(19-9-6-10-20(15-19)31-2)28-13-11-27(12-14-28)16-18-7-4-3-5-8-18/h3-10,15,21-22H,11-14,16H2,1-2H3. The van der Waals surface area contributed by atoms with Gasteiger partial charge in [-0.1, -0.05) is 54.2 Å². The van der Waals surface area contributed by atoms with Gasteiger partial charge in [0, 0.05) is 32.7 Å². The molecule has 1 aromatic heterocycles. The minimum atomic E-state index is -0.279.